The van der Waals surface area contributed by atoms with Gasteiger partial charge in [-0.3, -0.25) is 19.5 Å². The number of nitrogens with zero attached hydrogens (tertiary/aromatic N) is 2. The number of carbonyl (C=O) groups is 2. The first-order chi connectivity index (χ1) is 12.1. The molecule has 0 aliphatic carbocycles. The van der Waals surface area contributed by atoms with Crippen LogP contribution in [-0.4, -0.2) is 42.9 Å². The first kappa shape index (κ1) is 16.5. The monoisotopic (exact) mass is 338 g/mol. The van der Waals surface area contributed by atoms with Gasteiger partial charge >= 0.3 is 0 Å². The van der Waals surface area contributed by atoms with Crippen molar-refractivity contribution in [2.24, 2.45) is 10.7 Å². The zero-order valence-electron chi connectivity index (χ0n) is 13.7. The molecule has 0 bridgehead atoms. The van der Waals surface area contributed by atoms with Gasteiger partial charge in [0.15, 0.2) is 5.96 Å². The Morgan fingerprint density at radius 3 is 2.24 bits per heavy atom. The van der Waals surface area contributed by atoms with Gasteiger partial charge in [-0.25, -0.2) is 0 Å². The molecule has 2 amide bonds. The van der Waals surface area contributed by atoms with Gasteiger partial charge in [-0.05, 0) is 36.4 Å². The minimum absolute atomic E-state index is 0.178. The molecule has 1 aliphatic heterocycles. The molecular formula is C18H18N4O3. The quantitative estimate of drug-likeness (QED) is 0.491. The van der Waals surface area contributed by atoms with E-state index < -0.39 is 0 Å². The van der Waals surface area contributed by atoms with Crippen molar-refractivity contribution >= 4 is 23.5 Å². The Labute approximate surface area is 145 Å². The minimum atomic E-state index is -0.294. The molecule has 25 heavy (non-hydrogen) atoms. The lowest BCUT2D eigenvalue weighted by Gasteiger charge is -2.12. The standard InChI is InChI=1S/C18H18N4O3/c1-25-13-8-6-12(7-9-13)21-18(19)20-10-11-22-16(23)14-4-2-3-5-15(14)17(22)24/h2-9H,10-11H2,1H3,(H3,19,20,21). The van der Waals surface area contributed by atoms with Gasteiger partial charge in [0.1, 0.15) is 5.75 Å². The predicted octanol–water partition coefficient (Wildman–Crippen LogP) is 1.72. The molecule has 2 aromatic carbocycles. The number of nitrogens with two attached hydrogens (primary N) is 1. The topological polar surface area (TPSA) is 97.0 Å². The number of guanidine groups is 1. The van der Waals surface area contributed by atoms with Gasteiger partial charge in [-0.15, -0.1) is 0 Å². The third kappa shape index (κ3) is 3.45. The largest absolute Gasteiger partial charge is 0.497 e. The number of aliphatic imine (C=N–C) groups is 1. The molecule has 0 saturated carbocycles. The highest BCUT2D eigenvalue weighted by atomic mass is 16.5. The van der Waals surface area contributed by atoms with E-state index in [-0.39, 0.29) is 30.9 Å². The first-order valence-corrected chi connectivity index (χ1v) is 7.76. The summed E-state index contributed by atoms with van der Waals surface area (Å²) in [6.45, 7) is 0.401. The second kappa shape index (κ2) is 7.04. The van der Waals surface area contributed by atoms with E-state index in [2.05, 4.69) is 10.3 Å². The van der Waals surface area contributed by atoms with Crippen molar-refractivity contribution in [2.45, 2.75) is 0 Å². The fourth-order valence-electron chi connectivity index (χ4n) is 2.57. The maximum Gasteiger partial charge on any atom is 0.261 e. The van der Waals surface area contributed by atoms with E-state index in [0.29, 0.717) is 11.1 Å². The van der Waals surface area contributed by atoms with Crippen LogP contribution < -0.4 is 15.8 Å². The van der Waals surface area contributed by atoms with Crippen LogP contribution in [0.1, 0.15) is 20.7 Å². The van der Waals surface area contributed by atoms with Crippen molar-refractivity contribution < 1.29 is 14.3 Å². The molecule has 0 aromatic heterocycles. The van der Waals surface area contributed by atoms with Crippen molar-refractivity contribution in [1.29, 1.82) is 0 Å². The number of ether oxygens (including phenoxy) is 1. The molecular weight excluding hydrogens is 320 g/mol. The number of imide groups is 1. The summed E-state index contributed by atoms with van der Waals surface area (Å²) in [7, 11) is 1.59. The van der Waals surface area contributed by atoms with Crippen molar-refractivity contribution in [3.63, 3.8) is 0 Å². The van der Waals surface area contributed by atoms with E-state index >= 15 is 0 Å². The van der Waals surface area contributed by atoms with Crippen molar-refractivity contribution in [2.75, 3.05) is 25.5 Å². The summed E-state index contributed by atoms with van der Waals surface area (Å²) >= 11 is 0. The van der Waals surface area contributed by atoms with E-state index in [1.165, 1.54) is 4.90 Å². The number of rotatable bonds is 5. The lowest BCUT2D eigenvalue weighted by molar-refractivity contribution is 0.0659. The van der Waals surface area contributed by atoms with Crippen molar-refractivity contribution in [3.8, 4) is 5.75 Å². The number of methoxy groups -OCH3 is 1. The number of hydrogen-bond acceptors (Lipinski definition) is 4. The number of benzene rings is 2. The van der Waals surface area contributed by atoms with Gasteiger partial charge in [0.2, 0.25) is 0 Å². The van der Waals surface area contributed by atoms with Crippen molar-refractivity contribution in [1.82, 2.24) is 4.90 Å². The molecule has 3 rings (SSSR count). The highest BCUT2D eigenvalue weighted by Gasteiger charge is 2.34. The summed E-state index contributed by atoms with van der Waals surface area (Å²) in [6, 6.07) is 14.0. The molecule has 0 atom stereocenters. The highest BCUT2D eigenvalue weighted by molar-refractivity contribution is 6.21. The van der Waals surface area contributed by atoms with E-state index in [1.807, 2.05) is 12.1 Å². The molecule has 128 valence electrons. The van der Waals surface area contributed by atoms with Gasteiger partial charge in [-0.1, -0.05) is 12.1 Å². The summed E-state index contributed by atoms with van der Waals surface area (Å²) in [5, 5.41) is 2.94. The van der Waals surface area contributed by atoms with E-state index in [1.54, 1.807) is 43.5 Å². The molecule has 0 unspecified atom stereocenters. The fraction of sp³-hybridized carbons (Fsp3) is 0.167. The van der Waals surface area contributed by atoms with Gasteiger partial charge in [-0.2, -0.15) is 0 Å². The Bertz CT molecular complexity index is 795. The number of fused-ring (bicyclic) bond motifs is 1. The summed E-state index contributed by atoms with van der Waals surface area (Å²) in [5.41, 5.74) is 7.46. The number of amides is 2. The van der Waals surface area contributed by atoms with E-state index in [4.69, 9.17) is 10.5 Å². The summed E-state index contributed by atoms with van der Waals surface area (Å²) in [5.74, 6) is 0.364. The predicted molar refractivity (Wildman–Crippen MR) is 94.9 cm³/mol. The second-order valence-corrected chi connectivity index (χ2v) is 5.43. The van der Waals surface area contributed by atoms with Crippen LogP contribution in [0.2, 0.25) is 0 Å². The maximum atomic E-state index is 12.2. The molecule has 0 saturated heterocycles. The average Bonchev–Trinajstić information content (AvgIpc) is 2.87. The molecule has 0 radical (unpaired) electrons. The number of hydrogen-bond donors (Lipinski definition) is 2. The molecule has 7 nitrogen and oxygen atoms in total. The third-order valence-corrected chi connectivity index (χ3v) is 3.85. The smallest absolute Gasteiger partial charge is 0.261 e. The summed E-state index contributed by atoms with van der Waals surface area (Å²) in [6.07, 6.45) is 0. The fourth-order valence-corrected chi connectivity index (χ4v) is 2.57. The first-order valence-electron chi connectivity index (χ1n) is 7.76. The van der Waals surface area contributed by atoms with Crippen LogP contribution in [0.25, 0.3) is 0 Å². The van der Waals surface area contributed by atoms with Gasteiger partial charge in [0.25, 0.3) is 11.8 Å². The van der Waals surface area contributed by atoms with Crippen LogP contribution in [-0.2, 0) is 0 Å². The van der Waals surface area contributed by atoms with E-state index in [9.17, 15) is 9.59 Å². The molecule has 0 spiro atoms. The second-order valence-electron chi connectivity index (χ2n) is 5.43. The van der Waals surface area contributed by atoms with Crippen LogP contribution in [0.3, 0.4) is 0 Å². The highest BCUT2D eigenvalue weighted by Crippen LogP contribution is 2.21. The molecule has 3 N–H and O–H groups in total. The summed E-state index contributed by atoms with van der Waals surface area (Å²) in [4.78, 5) is 29.8. The Morgan fingerprint density at radius 2 is 1.68 bits per heavy atom. The number of carbonyl (C=O) groups excluding carboxylic acids is 2. The lowest BCUT2D eigenvalue weighted by atomic mass is 10.1. The molecule has 2 aromatic rings. The molecule has 1 heterocycles. The number of nitrogens with one attached hydrogen (secondary N) is 1. The van der Waals surface area contributed by atoms with Crippen LogP contribution in [0.15, 0.2) is 53.5 Å². The van der Waals surface area contributed by atoms with E-state index in [0.717, 1.165) is 11.4 Å². The van der Waals surface area contributed by atoms with Gasteiger partial charge in [0.05, 0.1) is 24.8 Å². The molecule has 1 aliphatic rings. The minimum Gasteiger partial charge on any atom is -0.497 e. The van der Waals surface area contributed by atoms with Gasteiger partial charge in [0, 0.05) is 12.2 Å². The van der Waals surface area contributed by atoms with Crippen LogP contribution in [0, 0.1) is 0 Å². The molecule has 0 fully saturated rings. The molecule has 7 heteroatoms. The maximum absolute atomic E-state index is 12.2. The lowest BCUT2D eigenvalue weighted by Crippen LogP contribution is -2.33. The van der Waals surface area contributed by atoms with Crippen LogP contribution in [0.5, 0.6) is 5.75 Å². The Kier molecular flexibility index (Phi) is 4.65. The normalized spacial score (nSPS) is 13.8. The zero-order valence-corrected chi connectivity index (χ0v) is 13.7. The summed E-state index contributed by atoms with van der Waals surface area (Å²) < 4.78 is 5.08. The third-order valence-electron chi connectivity index (χ3n) is 3.85. The average molecular weight is 338 g/mol. The SMILES string of the molecule is COc1ccc(NC(N)=NCCN2C(=O)c3ccccc3C2=O)cc1. The Balaban J connectivity index is 1.57. The Morgan fingerprint density at radius 1 is 1.08 bits per heavy atom. The Hall–Kier alpha value is -3.35. The van der Waals surface area contributed by atoms with Crippen molar-refractivity contribution in [3.05, 3.63) is 59.7 Å². The van der Waals surface area contributed by atoms with Crippen LogP contribution in [0.4, 0.5) is 5.69 Å². The zero-order chi connectivity index (χ0) is 17.8. The number of anilines is 1. The van der Waals surface area contributed by atoms with Crippen LogP contribution >= 0.6 is 0 Å². The van der Waals surface area contributed by atoms with Gasteiger partial charge < -0.3 is 15.8 Å².